The highest BCUT2D eigenvalue weighted by atomic mass is 16.5. The molecule has 190 valence electrons. The second-order valence-corrected chi connectivity index (χ2v) is 9.93. The molecule has 2 aromatic rings. The molecule has 0 saturated carbocycles. The number of benzene rings is 2. The van der Waals surface area contributed by atoms with Gasteiger partial charge in [-0.3, -0.25) is 14.9 Å². The Morgan fingerprint density at radius 1 is 1.08 bits per heavy atom. The zero-order valence-electron chi connectivity index (χ0n) is 21.9. The van der Waals surface area contributed by atoms with E-state index in [2.05, 4.69) is 50.0 Å². The number of nitrogens with zero attached hydrogens (tertiary/aromatic N) is 2. The molecule has 1 N–H and O–H groups in total. The van der Waals surface area contributed by atoms with E-state index in [9.17, 15) is 14.4 Å². The maximum absolute atomic E-state index is 13.5. The molecular formula is C28H33N3O5. The minimum absolute atomic E-state index is 0.0328. The summed E-state index contributed by atoms with van der Waals surface area (Å²) in [5.41, 5.74) is 4.21. The highest BCUT2D eigenvalue weighted by molar-refractivity contribution is 6.39. The van der Waals surface area contributed by atoms with Crippen molar-refractivity contribution < 1.29 is 23.9 Å². The second kappa shape index (κ2) is 9.33. The lowest BCUT2D eigenvalue weighted by Crippen LogP contribution is -2.54. The van der Waals surface area contributed by atoms with Crippen LogP contribution in [-0.2, 0) is 9.59 Å². The molecule has 4 rings (SSSR count). The largest absolute Gasteiger partial charge is 0.497 e. The zero-order chi connectivity index (χ0) is 26.4. The van der Waals surface area contributed by atoms with Crippen LogP contribution in [0.5, 0.6) is 11.5 Å². The minimum atomic E-state index is -0.831. The number of carbonyl (C=O) groups excluding carboxylic acids is 3. The predicted octanol–water partition coefficient (Wildman–Crippen LogP) is 4.79. The van der Waals surface area contributed by atoms with Gasteiger partial charge in [-0.15, -0.1) is 0 Å². The van der Waals surface area contributed by atoms with E-state index in [0.717, 1.165) is 29.0 Å². The van der Waals surface area contributed by atoms with Crippen molar-refractivity contribution in [3.63, 3.8) is 0 Å². The molecule has 36 heavy (non-hydrogen) atoms. The van der Waals surface area contributed by atoms with Crippen molar-refractivity contribution in [2.75, 3.05) is 30.6 Å². The summed E-state index contributed by atoms with van der Waals surface area (Å²) < 4.78 is 10.6. The van der Waals surface area contributed by atoms with E-state index in [-0.39, 0.29) is 22.5 Å². The number of hydrogen-bond donors (Lipinski definition) is 1. The Balaban J connectivity index is 1.79. The number of amides is 4. The Hall–Kier alpha value is -3.81. The monoisotopic (exact) mass is 491 g/mol. The Labute approximate surface area is 211 Å². The predicted molar refractivity (Wildman–Crippen MR) is 140 cm³/mol. The number of barbiturate groups is 1. The number of hydrogen-bond acceptors (Lipinski definition) is 6. The molecule has 1 atom stereocenters. The fraction of sp³-hybridized carbons (Fsp3) is 0.393. The fourth-order valence-corrected chi connectivity index (χ4v) is 5.41. The third-order valence-electron chi connectivity index (χ3n) is 7.12. The molecule has 1 saturated heterocycles. The quantitative estimate of drug-likeness (QED) is 0.478. The third-order valence-corrected chi connectivity index (χ3v) is 7.12. The molecule has 0 aliphatic carbocycles. The van der Waals surface area contributed by atoms with Crippen molar-refractivity contribution >= 4 is 35.3 Å². The van der Waals surface area contributed by atoms with Crippen LogP contribution in [0.3, 0.4) is 0 Å². The van der Waals surface area contributed by atoms with Crippen LogP contribution in [0, 0.1) is 6.92 Å². The van der Waals surface area contributed by atoms with E-state index in [1.807, 2.05) is 6.92 Å². The van der Waals surface area contributed by atoms with Crippen molar-refractivity contribution in [2.24, 2.45) is 0 Å². The van der Waals surface area contributed by atoms with Gasteiger partial charge < -0.3 is 14.4 Å². The van der Waals surface area contributed by atoms with Crippen LogP contribution in [0.2, 0.25) is 0 Å². The molecule has 2 aliphatic rings. The lowest BCUT2D eigenvalue weighted by Gasteiger charge is -2.47. The number of imide groups is 2. The number of rotatable bonds is 5. The number of methoxy groups -OCH3 is 2. The van der Waals surface area contributed by atoms with Gasteiger partial charge in [0.2, 0.25) is 0 Å². The molecule has 0 unspecified atom stereocenters. The van der Waals surface area contributed by atoms with Crippen molar-refractivity contribution in [1.29, 1.82) is 0 Å². The molecule has 2 heterocycles. The van der Waals surface area contributed by atoms with Gasteiger partial charge in [-0.1, -0.05) is 6.92 Å². The second-order valence-electron chi connectivity index (χ2n) is 9.93. The van der Waals surface area contributed by atoms with Crippen molar-refractivity contribution in [3.8, 4) is 11.5 Å². The van der Waals surface area contributed by atoms with Crippen LogP contribution in [0.4, 0.5) is 16.2 Å². The SMILES string of the molecule is CCN1c2cc(C)c(/C=C3\C(=O)NC(=O)N(c4ccc(OC)cc4OC)C3=O)cc2[C@H](C)CC1(C)C. The van der Waals surface area contributed by atoms with Crippen molar-refractivity contribution in [2.45, 2.75) is 52.5 Å². The summed E-state index contributed by atoms with van der Waals surface area (Å²) in [6.45, 7) is 11.7. The molecule has 0 radical (unpaired) electrons. The van der Waals surface area contributed by atoms with Gasteiger partial charge in [-0.2, -0.15) is 0 Å². The van der Waals surface area contributed by atoms with Gasteiger partial charge >= 0.3 is 6.03 Å². The summed E-state index contributed by atoms with van der Waals surface area (Å²) in [5.74, 6) is -0.347. The summed E-state index contributed by atoms with van der Waals surface area (Å²) in [7, 11) is 2.94. The van der Waals surface area contributed by atoms with Crippen LogP contribution >= 0.6 is 0 Å². The summed E-state index contributed by atoms with van der Waals surface area (Å²) in [5, 5.41) is 2.29. The average molecular weight is 492 g/mol. The maximum Gasteiger partial charge on any atom is 0.336 e. The smallest absolute Gasteiger partial charge is 0.336 e. The number of anilines is 2. The summed E-state index contributed by atoms with van der Waals surface area (Å²) in [6, 6.07) is 8.11. The van der Waals surface area contributed by atoms with Gasteiger partial charge in [-0.25, -0.2) is 9.69 Å². The molecule has 1 fully saturated rings. The Kier molecular flexibility index (Phi) is 6.56. The van der Waals surface area contributed by atoms with E-state index >= 15 is 0 Å². The summed E-state index contributed by atoms with van der Waals surface area (Å²) >= 11 is 0. The fourth-order valence-electron chi connectivity index (χ4n) is 5.41. The highest BCUT2D eigenvalue weighted by Gasteiger charge is 2.39. The maximum atomic E-state index is 13.5. The number of fused-ring (bicyclic) bond motifs is 1. The number of ether oxygens (including phenoxy) is 2. The summed E-state index contributed by atoms with van der Waals surface area (Å²) in [6.07, 6.45) is 2.57. The van der Waals surface area contributed by atoms with Crippen LogP contribution in [-0.4, -0.2) is 44.1 Å². The molecule has 0 aromatic heterocycles. The van der Waals surface area contributed by atoms with Crippen LogP contribution in [0.15, 0.2) is 35.9 Å². The van der Waals surface area contributed by atoms with Gasteiger partial charge in [-0.05, 0) is 87.1 Å². The van der Waals surface area contributed by atoms with Gasteiger partial charge in [0.1, 0.15) is 17.1 Å². The Bertz CT molecular complexity index is 1280. The molecule has 2 aromatic carbocycles. The van der Waals surface area contributed by atoms with Crippen molar-refractivity contribution in [1.82, 2.24) is 5.32 Å². The number of carbonyl (C=O) groups is 3. The minimum Gasteiger partial charge on any atom is -0.497 e. The molecule has 8 heteroatoms. The van der Waals surface area contributed by atoms with Gasteiger partial charge in [0, 0.05) is 23.8 Å². The molecular weight excluding hydrogens is 458 g/mol. The van der Waals surface area contributed by atoms with E-state index in [4.69, 9.17) is 9.47 Å². The first-order valence-electron chi connectivity index (χ1n) is 12.1. The van der Waals surface area contributed by atoms with Gasteiger partial charge in [0.05, 0.1) is 19.9 Å². The summed E-state index contributed by atoms with van der Waals surface area (Å²) in [4.78, 5) is 42.3. The zero-order valence-corrected chi connectivity index (χ0v) is 21.9. The van der Waals surface area contributed by atoms with Gasteiger partial charge in [0.15, 0.2) is 0 Å². The van der Waals surface area contributed by atoms with Crippen LogP contribution in [0.25, 0.3) is 6.08 Å². The molecule has 0 bridgehead atoms. The standard InChI is InChI=1S/C28H33N3O5/c1-8-30-23-11-16(2)18(12-20(23)17(3)15-28(30,4)5)13-21-25(32)29-27(34)31(26(21)33)22-10-9-19(35-6)14-24(22)36-7/h9-14,17H,8,15H2,1-7H3,(H,29,32,34)/b21-13+/t17-/m1/s1. The number of nitrogens with one attached hydrogen (secondary N) is 1. The first kappa shape index (κ1) is 25.3. The van der Waals surface area contributed by atoms with Crippen LogP contribution in [0.1, 0.15) is 56.7 Å². The average Bonchev–Trinajstić information content (AvgIpc) is 2.82. The molecule has 0 spiro atoms. The first-order valence-corrected chi connectivity index (χ1v) is 12.1. The lowest BCUT2D eigenvalue weighted by molar-refractivity contribution is -0.122. The van der Waals surface area contributed by atoms with Crippen molar-refractivity contribution in [3.05, 3.63) is 52.6 Å². The molecule has 2 aliphatic heterocycles. The Morgan fingerprint density at radius 3 is 2.44 bits per heavy atom. The number of urea groups is 1. The Morgan fingerprint density at radius 2 is 1.81 bits per heavy atom. The lowest BCUT2D eigenvalue weighted by atomic mass is 9.79. The molecule has 4 amide bonds. The topological polar surface area (TPSA) is 88.2 Å². The number of aryl methyl sites for hydroxylation is 1. The molecule has 8 nitrogen and oxygen atoms in total. The first-order chi connectivity index (χ1) is 17.0. The van der Waals surface area contributed by atoms with E-state index in [1.165, 1.54) is 25.5 Å². The third kappa shape index (κ3) is 4.21. The van der Waals surface area contributed by atoms with E-state index in [0.29, 0.717) is 11.7 Å². The van der Waals surface area contributed by atoms with Gasteiger partial charge in [0.25, 0.3) is 11.8 Å². The normalized spacial score (nSPS) is 20.4. The van der Waals surface area contributed by atoms with E-state index < -0.39 is 17.8 Å². The van der Waals surface area contributed by atoms with E-state index in [1.54, 1.807) is 24.3 Å². The highest BCUT2D eigenvalue weighted by Crippen LogP contribution is 2.44. The van der Waals surface area contributed by atoms with Crippen LogP contribution < -0.4 is 24.6 Å².